The summed E-state index contributed by atoms with van der Waals surface area (Å²) < 4.78 is 0. The monoisotopic (exact) mass is 320 g/mol. The molecule has 3 rings (SSSR count). The van der Waals surface area contributed by atoms with Crippen molar-refractivity contribution >= 4 is 34.8 Å². The average molecular weight is 321 g/mol. The van der Waals surface area contributed by atoms with E-state index < -0.39 is 0 Å². The van der Waals surface area contributed by atoms with Crippen LogP contribution in [0.2, 0.25) is 10.0 Å². The number of halogens is 2. The Morgan fingerprint density at radius 1 is 1.14 bits per heavy atom. The summed E-state index contributed by atoms with van der Waals surface area (Å²) in [4.78, 5) is 6.10. The first kappa shape index (κ1) is 14.2. The van der Waals surface area contributed by atoms with Gasteiger partial charge in [0.25, 0.3) is 0 Å². The van der Waals surface area contributed by atoms with Crippen molar-refractivity contribution in [1.29, 1.82) is 0 Å². The van der Waals surface area contributed by atoms with Crippen LogP contribution in [0.3, 0.4) is 0 Å². The van der Waals surface area contributed by atoms with E-state index in [1.807, 2.05) is 31.3 Å². The highest BCUT2D eigenvalue weighted by Crippen LogP contribution is 2.39. The molecule has 1 aliphatic heterocycles. The lowest BCUT2D eigenvalue weighted by molar-refractivity contribution is 0.375. The standard InChI is InChI=1S/C15H14Cl2N4/c1-21-14(18)9-6-5-8(7-12(9)20-15(21)19)13-10(16)3-2-4-11(13)17/h2-7,14H,18H2,1H3,(H2,19,20). The van der Waals surface area contributed by atoms with Crippen molar-refractivity contribution in [3.8, 4) is 11.1 Å². The van der Waals surface area contributed by atoms with Crippen LogP contribution in [-0.4, -0.2) is 17.9 Å². The smallest absolute Gasteiger partial charge is 0.197 e. The second kappa shape index (κ2) is 5.22. The number of nitrogens with two attached hydrogens (primary N) is 2. The van der Waals surface area contributed by atoms with Gasteiger partial charge in [-0.05, 0) is 23.8 Å². The Balaban J connectivity index is 2.17. The summed E-state index contributed by atoms with van der Waals surface area (Å²) in [6, 6.07) is 11.2. The summed E-state index contributed by atoms with van der Waals surface area (Å²) >= 11 is 12.5. The molecule has 0 saturated heterocycles. The van der Waals surface area contributed by atoms with Crippen molar-refractivity contribution in [3.63, 3.8) is 0 Å². The van der Waals surface area contributed by atoms with Crippen LogP contribution in [-0.2, 0) is 0 Å². The van der Waals surface area contributed by atoms with Crippen molar-refractivity contribution in [3.05, 3.63) is 52.0 Å². The third kappa shape index (κ3) is 2.35. The number of hydrogen-bond acceptors (Lipinski definition) is 4. The maximum absolute atomic E-state index is 6.25. The first-order valence-electron chi connectivity index (χ1n) is 6.40. The van der Waals surface area contributed by atoms with Crippen LogP contribution in [0.15, 0.2) is 41.4 Å². The lowest BCUT2D eigenvalue weighted by Gasteiger charge is -2.31. The molecule has 1 atom stereocenters. The minimum Gasteiger partial charge on any atom is -0.369 e. The van der Waals surface area contributed by atoms with Gasteiger partial charge < -0.3 is 16.4 Å². The third-order valence-corrected chi connectivity index (χ3v) is 4.24. The fourth-order valence-electron chi connectivity index (χ4n) is 2.37. The van der Waals surface area contributed by atoms with Crippen LogP contribution in [0.25, 0.3) is 11.1 Å². The van der Waals surface area contributed by atoms with Gasteiger partial charge in [-0.2, -0.15) is 0 Å². The Kier molecular flexibility index (Phi) is 3.53. The van der Waals surface area contributed by atoms with Crippen LogP contribution in [0.1, 0.15) is 11.7 Å². The van der Waals surface area contributed by atoms with Gasteiger partial charge in [-0.1, -0.05) is 41.4 Å². The van der Waals surface area contributed by atoms with Gasteiger partial charge in [0.2, 0.25) is 0 Å². The molecule has 0 aliphatic carbocycles. The number of nitrogens with zero attached hydrogens (tertiary/aromatic N) is 2. The average Bonchev–Trinajstić information content (AvgIpc) is 2.44. The Morgan fingerprint density at radius 3 is 2.48 bits per heavy atom. The quantitative estimate of drug-likeness (QED) is 0.844. The molecule has 0 radical (unpaired) electrons. The summed E-state index contributed by atoms with van der Waals surface area (Å²) in [7, 11) is 1.81. The first-order chi connectivity index (χ1) is 9.99. The minimum atomic E-state index is -0.312. The lowest BCUT2D eigenvalue weighted by atomic mass is 10.00. The van der Waals surface area contributed by atoms with Gasteiger partial charge in [-0.3, -0.25) is 0 Å². The molecule has 0 aromatic heterocycles. The van der Waals surface area contributed by atoms with E-state index in [9.17, 15) is 0 Å². The summed E-state index contributed by atoms with van der Waals surface area (Å²) in [6.45, 7) is 0. The van der Waals surface area contributed by atoms with E-state index in [-0.39, 0.29) is 6.17 Å². The number of guanidine groups is 1. The maximum Gasteiger partial charge on any atom is 0.197 e. The van der Waals surface area contributed by atoms with E-state index in [2.05, 4.69) is 4.99 Å². The SMILES string of the molecule is CN1C(N)=Nc2cc(-c3c(Cl)cccc3Cl)ccc2C1N. The van der Waals surface area contributed by atoms with E-state index in [0.29, 0.717) is 16.0 Å². The van der Waals surface area contributed by atoms with Crippen molar-refractivity contribution in [2.75, 3.05) is 7.05 Å². The molecule has 108 valence electrons. The molecule has 0 fully saturated rings. The Morgan fingerprint density at radius 2 is 1.81 bits per heavy atom. The first-order valence-corrected chi connectivity index (χ1v) is 7.15. The number of fused-ring (bicyclic) bond motifs is 1. The normalized spacial score (nSPS) is 17.4. The fourth-order valence-corrected chi connectivity index (χ4v) is 2.99. The zero-order chi connectivity index (χ0) is 15.1. The van der Waals surface area contributed by atoms with Gasteiger partial charge in [0.05, 0.1) is 5.69 Å². The third-order valence-electron chi connectivity index (χ3n) is 3.61. The molecule has 0 amide bonds. The van der Waals surface area contributed by atoms with E-state index in [1.54, 1.807) is 17.0 Å². The summed E-state index contributed by atoms with van der Waals surface area (Å²) in [6.07, 6.45) is -0.312. The number of aliphatic imine (C=N–C) groups is 1. The molecule has 21 heavy (non-hydrogen) atoms. The molecule has 1 unspecified atom stereocenters. The molecule has 2 aromatic carbocycles. The minimum absolute atomic E-state index is 0.312. The maximum atomic E-state index is 6.25. The lowest BCUT2D eigenvalue weighted by Crippen LogP contribution is -2.42. The van der Waals surface area contributed by atoms with Crippen LogP contribution in [0.5, 0.6) is 0 Å². The highest BCUT2D eigenvalue weighted by atomic mass is 35.5. The van der Waals surface area contributed by atoms with Gasteiger partial charge in [-0.25, -0.2) is 4.99 Å². The molecule has 6 heteroatoms. The Labute approximate surface area is 133 Å². The molecule has 1 aliphatic rings. The molecule has 4 nitrogen and oxygen atoms in total. The Hall–Kier alpha value is -1.75. The molecule has 2 aromatic rings. The van der Waals surface area contributed by atoms with Crippen molar-refractivity contribution in [1.82, 2.24) is 4.90 Å². The molecule has 0 bridgehead atoms. The van der Waals surface area contributed by atoms with E-state index in [0.717, 1.165) is 22.4 Å². The van der Waals surface area contributed by atoms with Crippen LogP contribution < -0.4 is 11.5 Å². The van der Waals surface area contributed by atoms with Gasteiger partial charge in [0, 0.05) is 28.2 Å². The highest BCUT2D eigenvalue weighted by Gasteiger charge is 2.23. The highest BCUT2D eigenvalue weighted by molar-refractivity contribution is 6.39. The number of hydrogen-bond donors (Lipinski definition) is 2. The fraction of sp³-hybridized carbons (Fsp3) is 0.133. The molecular weight excluding hydrogens is 307 g/mol. The summed E-state index contributed by atoms with van der Waals surface area (Å²) in [5, 5.41) is 1.19. The number of benzene rings is 2. The van der Waals surface area contributed by atoms with E-state index >= 15 is 0 Å². The van der Waals surface area contributed by atoms with Gasteiger partial charge in [0.1, 0.15) is 6.17 Å². The molecule has 1 heterocycles. The second-order valence-corrected chi connectivity index (χ2v) is 5.71. The van der Waals surface area contributed by atoms with E-state index in [1.165, 1.54) is 0 Å². The second-order valence-electron chi connectivity index (χ2n) is 4.90. The predicted molar refractivity (Wildman–Crippen MR) is 87.9 cm³/mol. The summed E-state index contributed by atoms with van der Waals surface area (Å²) in [5.74, 6) is 0.386. The van der Waals surface area contributed by atoms with Gasteiger partial charge in [0.15, 0.2) is 5.96 Å². The predicted octanol–water partition coefficient (Wildman–Crippen LogP) is 3.51. The van der Waals surface area contributed by atoms with Crippen molar-refractivity contribution < 1.29 is 0 Å². The van der Waals surface area contributed by atoms with E-state index in [4.69, 9.17) is 34.7 Å². The van der Waals surface area contributed by atoms with Gasteiger partial charge >= 0.3 is 0 Å². The summed E-state index contributed by atoms with van der Waals surface area (Å²) in [5.41, 5.74) is 15.3. The van der Waals surface area contributed by atoms with Crippen molar-refractivity contribution in [2.45, 2.75) is 6.17 Å². The topological polar surface area (TPSA) is 67.6 Å². The molecule has 0 saturated carbocycles. The number of rotatable bonds is 1. The van der Waals surface area contributed by atoms with Gasteiger partial charge in [-0.15, -0.1) is 0 Å². The van der Waals surface area contributed by atoms with Crippen molar-refractivity contribution in [2.24, 2.45) is 16.5 Å². The van der Waals surface area contributed by atoms with Crippen LogP contribution in [0.4, 0.5) is 5.69 Å². The zero-order valence-electron chi connectivity index (χ0n) is 11.3. The zero-order valence-corrected chi connectivity index (χ0v) is 12.9. The largest absolute Gasteiger partial charge is 0.369 e. The van der Waals surface area contributed by atoms with Crippen LogP contribution in [0, 0.1) is 0 Å². The molecule has 0 spiro atoms. The molecular formula is C15H14Cl2N4. The Bertz CT molecular complexity index is 722. The van der Waals surface area contributed by atoms with Crippen LogP contribution >= 0.6 is 23.2 Å². The molecule has 4 N–H and O–H groups in total.